The smallest absolute Gasteiger partial charge is 0.136 e. The number of benzene rings is 6. The van der Waals surface area contributed by atoms with E-state index in [1.807, 2.05) is 237 Å². The van der Waals surface area contributed by atoms with Crippen molar-refractivity contribution in [2.45, 2.75) is 152 Å². The molecule has 2 nitrogen and oxygen atoms in total. The standard InChI is InChI=1S/C36H24F4N2.11C2H6/c37-31-19-29(41-27-15-11-25(12-16-27)23-7-3-1-4-8-23)20-32(38)35(31)36-33(39)21-30(22-34(36)40)42-28-17-13-26(14-18-28)24-9-5-2-6-10-24;11*1-2/h1-22,41-42H;11*1-2H3. The van der Waals surface area contributed by atoms with Crippen molar-refractivity contribution in [2.75, 3.05) is 10.6 Å². The van der Waals surface area contributed by atoms with Gasteiger partial charge in [0, 0.05) is 22.7 Å². The van der Waals surface area contributed by atoms with E-state index in [4.69, 9.17) is 0 Å². The van der Waals surface area contributed by atoms with Gasteiger partial charge in [-0.2, -0.15) is 0 Å². The van der Waals surface area contributed by atoms with Crippen LogP contribution in [0.4, 0.5) is 40.3 Å². The van der Waals surface area contributed by atoms with E-state index in [2.05, 4.69) is 10.6 Å². The molecule has 0 saturated carbocycles. The number of hydrogen-bond donors (Lipinski definition) is 2. The van der Waals surface area contributed by atoms with Crippen molar-refractivity contribution < 1.29 is 17.6 Å². The highest BCUT2D eigenvalue weighted by Crippen LogP contribution is 2.36. The van der Waals surface area contributed by atoms with Crippen molar-refractivity contribution in [1.29, 1.82) is 0 Å². The molecule has 6 aromatic carbocycles. The van der Waals surface area contributed by atoms with Crippen LogP contribution in [0.5, 0.6) is 0 Å². The van der Waals surface area contributed by atoms with Crippen LogP contribution in [0.3, 0.4) is 0 Å². The summed E-state index contributed by atoms with van der Waals surface area (Å²) >= 11 is 0. The Morgan fingerprint density at radius 3 is 0.625 bits per heavy atom. The Kier molecular flexibility index (Phi) is 55.2. The highest BCUT2D eigenvalue weighted by molar-refractivity contribution is 5.75. The highest BCUT2D eigenvalue weighted by atomic mass is 19.1. The Labute approximate surface area is 392 Å². The number of anilines is 4. The summed E-state index contributed by atoms with van der Waals surface area (Å²) in [6.45, 7) is 44.0. The van der Waals surface area contributed by atoms with Gasteiger partial charge in [-0.3, -0.25) is 0 Å². The fourth-order valence-corrected chi connectivity index (χ4v) is 4.85. The van der Waals surface area contributed by atoms with Crippen molar-refractivity contribution >= 4 is 22.7 Å². The Hall–Kier alpha value is -5.36. The van der Waals surface area contributed by atoms with Crippen LogP contribution in [0.2, 0.25) is 0 Å². The summed E-state index contributed by atoms with van der Waals surface area (Å²) < 4.78 is 60.6. The van der Waals surface area contributed by atoms with Crippen molar-refractivity contribution in [2.24, 2.45) is 0 Å². The lowest BCUT2D eigenvalue weighted by molar-refractivity contribution is 0.564. The first-order valence-electron chi connectivity index (χ1n) is 24.3. The van der Waals surface area contributed by atoms with Gasteiger partial charge in [0.1, 0.15) is 23.3 Å². The van der Waals surface area contributed by atoms with Gasteiger partial charge < -0.3 is 10.6 Å². The van der Waals surface area contributed by atoms with Gasteiger partial charge in [-0.25, -0.2) is 17.6 Å². The monoisotopic (exact) mass is 891 g/mol. The van der Waals surface area contributed by atoms with Crippen molar-refractivity contribution in [1.82, 2.24) is 0 Å². The predicted octanol–water partition coefficient (Wildman–Crippen LogP) is 22.0. The van der Waals surface area contributed by atoms with Crippen LogP contribution >= 0.6 is 0 Å². The van der Waals surface area contributed by atoms with Crippen LogP contribution in [0.1, 0.15) is 152 Å². The first-order chi connectivity index (χ1) is 31.4. The molecule has 0 aliphatic rings. The zero-order chi connectivity index (χ0) is 51.1. The van der Waals surface area contributed by atoms with E-state index in [0.29, 0.717) is 11.4 Å². The fourth-order valence-electron chi connectivity index (χ4n) is 4.85. The summed E-state index contributed by atoms with van der Waals surface area (Å²) in [6.07, 6.45) is 0. The van der Waals surface area contributed by atoms with Crippen molar-refractivity contribution in [3.63, 3.8) is 0 Å². The molecule has 0 saturated heterocycles. The Balaban J connectivity index is -0.000000335. The summed E-state index contributed by atoms with van der Waals surface area (Å²) in [6, 6.07) is 38.3. The SMILES string of the molecule is CC.CC.CC.CC.CC.CC.CC.CC.CC.CC.CC.Fc1cc(Nc2ccc(-c3ccccc3)cc2)cc(F)c1-c1c(F)cc(Nc2ccc(-c3ccccc3)cc2)cc1F. The topological polar surface area (TPSA) is 24.1 Å². The molecule has 0 bridgehead atoms. The molecule has 6 aromatic rings. The van der Waals surface area contributed by atoms with E-state index in [-0.39, 0.29) is 11.4 Å². The summed E-state index contributed by atoms with van der Waals surface area (Å²) in [5, 5.41) is 5.89. The first kappa shape index (κ1) is 70.3. The molecule has 0 spiro atoms. The number of halogens is 4. The molecule has 2 N–H and O–H groups in total. The van der Waals surface area contributed by atoms with E-state index in [0.717, 1.165) is 46.5 Å². The van der Waals surface area contributed by atoms with Crippen molar-refractivity contribution in [3.8, 4) is 33.4 Å². The molecule has 0 atom stereocenters. The maximum absolute atomic E-state index is 15.1. The summed E-state index contributed by atoms with van der Waals surface area (Å²) in [7, 11) is 0. The van der Waals surface area contributed by atoms with Gasteiger partial charge in [-0.05, 0) is 70.8 Å². The maximum atomic E-state index is 15.1. The van der Waals surface area contributed by atoms with E-state index < -0.39 is 34.4 Å². The highest BCUT2D eigenvalue weighted by Gasteiger charge is 2.22. The molecule has 0 aliphatic carbocycles. The second-order valence-electron chi connectivity index (χ2n) is 9.77. The molecular formula is C58H90F4N2. The van der Waals surface area contributed by atoms with Crippen LogP contribution in [0.25, 0.3) is 33.4 Å². The Morgan fingerprint density at radius 2 is 0.422 bits per heavy atom. The average molecular weight is 891 g/mol. The zero-order valence-electron chi connectivity index (χ0n) is 44.2. The minimum absolute atomic E-state index is 0.110. The second kappa shape index (κ2) is 50.3. The van der Waals surface area contributed by atoms with Crippen LogP contribution in [-0.2, 0) is 0 Å². The molecule has 0 amide bonds. The molecule has 6 heteroatoms. The lowest BCUT2D eigenvalue weighted by Crippen LogP contribution is -2.01. The van der Waals surface area contributed by atoms with Gasteiger partial charge in [-0.15, -0.1) is 0 Å². The third kappa shape index (κ3) is 25.7. The molecule has 6 rings (SSSR count). The second-order valence-corrected chi connectivity index (χ2v) is 9.77. The van der Waals surface area contributed by atoms with Crippen LogP contribution < -0.4 is 10.6 Å². The molecule has 360 valence electrons. The average Bonchev–Trinajstić information content (AvgIpc) is 3.40. The lowest BCUT2D eigenvalue weighted by atomic mass is 10.0. The molecule has 0 fully saturated rings. The summed E-state index contributed by atoms with van der Waals surface area (Å²) in [4.78, 5) is 0. The van der Waals surface area contributed by atoms with Gasteiger partial charge in [0.25, 0.3) is 0 Å². The first-order valence-corrected chi connectivity index (χ1v) is 24.3. The van der Waals surface area contributed by atoms with Crippen molar-refractivity contribution in [3.05, 3.63) is 157 Å². The summed E-state index contributed by atoms with van der Waals surface area (Å²) in [5.41, 5.74) is 3.94. The van der Waals surface area contributed by atoms with E-state index >= 15 is 17.6 Å². The normalized spacial score (nSPS) is 8.16. The Bertz CT molecular complexity index is 1660. The molecule has 0 aromatic heterocycles. The minimum Gasteiger partial charge on any atom is -0.355 e. The number of hydrogen-bond acceptors (Lipinski definition) is 2. The lowest BCUT2D eigenvalue weighted by Gasteiger charge is -2.14. The zero-order valence-corrected chi connectivity index (χ0v) is 44.2. The number of nitrogens with one attached hydrogen (secondary N) is 2. The molecule has 0 unspecified atom stereocenters. The van der Waals surface area contributed by atoms with E-state index in [1.54, 1.807) is 24.3 Å². The maximum Gasteiger partial charge on any atom is 0.136 e. The van der Waals surface area contributed by atoms with Gasteiger partial charge in [0.2, 0.25) is 0 Å². The molecular weight excluding hydrogens is 801 g/mol. The minimum atomic E-state index is -1.09. The molecule has 0 heterocycles. The molecule has 0 radical (unpaired) electrons. The predicted molar refractivity (Wildman–Crippen MR) is 287 cm³/mol. The molecule has 0 aliphatic heterocycles. The molecule has 64 heavy (non-hydrogen) atoms. The third-order valence-corrected chi connectivity index (χ3v) is 6.90. The largest absolute Gasteiger partial charge is 0.355 e. The van der Waals surface area contributed by atoms with Gasteiger partial charge in [0.15, 0.2) is 0 Å². The third-order valence-electron chi connectivity index (χ3n) is 6.90. The van der Waals surface area contributed by atoms with Gasteiger partial charge in [0.05, 0.1) is 11.1 Å². The fraction of sp³-hybridized carbons (Fsp3) is 0.379. The Morgan fingerprint density at radius 1 is 0.234 bits per heavy atom. The van der Waals surface area contributed by atoms with E-state index in [9.17, 15) is 0 Å². The number of rotatable bonds is 7. The van der Waals surface area contributed by atoms with E-state index in [1.165, 1.54) is 0 Å². The van der Waals surface area contributed by atoms with Crippen LogP contribution in [0, 0.1) is 23.3 Å². The van der Waals surface area contributed by atoms with Crippen LogP contribution in [-0.4, -0.2) is 0 Å². The van der Waals surface area contributed by atoms with Crippen LogP contribution in [0.15, 0.2) is 133 Å². The summed E-state index contributed by atoms with van der Waals surface area (Å²) in [5.74, 6) is -4.36. The van der Waals surface area contributed by atoms with Gasteiger partial charge >= 0.3 is 0 Å². The quantitative estimate of drug-likeness (QED) is 0.156. The van der Waals surface area contributed by atoms with Gasteiger partial charge in [-0.1, -0.05) is 237 Å².